The van der Waals surface area contributed by atoms with Crippen LogP contribution in [0.3, 0.4) is 0 Å². The normalized spacial score (nSPS) is 9.25. The number of allylic oxidation sites excluding steroid dienone is 1. The molecule has 0 aliphatic rings. The molecule has 0 aromatic heterocycles. The highest BCUT2D eigenvalue weighted by Crippen LogP contribution is 2.08. The van der Waals surface area contributed by atoms with Crippen molar-refractivity contribution in [3.8, 4) is 0 Å². The topological polar surface area (TPSA) is 12.0 Å². The summed E-state index contributed by atoms with van der Waals surface area (Å²) in [6, 6.07) is 6.27. The van der Waals surface area contributed by atoms with E-state index < -0.39 is 0 Å². The molecule has 0 aliphatic carbocycles. The molecule has 1 aromatic rings. The summed E-state index contributed by atoms with van der Waals surface area (Å²) in [6.07, 6.45) is 1.88. The Kier molecular flexibility index (Phi) is 2.86. The first-order chi connectivity index (χ1) is 5.68. The Morgan fingerprint density at radius 2 is 1.83 bits per heavy atom. The number of rotatable bonds is 2. The molecule has 0 amide bonds. The zero-order chi connectivity index (χ0) is 8.97. The highest BCUT2D eigenvalue weighted by atomic mass is 19.1. The van der Waals surface area contributed by atoms with Gasteiger partial charge in [0, 0.05) is 5.69 Å². The fourth-order valence-corrected chi connectivity index (χ4v) is 0.774. The Morgan fingerprint density at radius 3 is 2.33 bits per heavy atom. The molecule has 0 radical (unpaired) electrons. The molecular formula is C10H12FN. The van der Waals surface area contributed by atoms with Gasteiger partial charge in [-0.25, -0.2) is 4.39 Å². The van der Waals surface area contributed by atoms with Crippen LogP contribution in [-0.2, 0) is 0 Å². The van der Waals surface area contributed by atoms with E-state index in [1.807, 2.05) is 20.0 Å². The number of halogens is 1. The molecule has 1 aromatic carbocycles. The van der Waals surface area contributed by atoms with E-state index in [9.17, 15) is 4.39 Å². The van der Waals surface area contributed by atoms with Gasteiger partial charge in [0.1, 0.15) is 5.82 Å². The van der Waals surface area contributed by atoms with Gasteiger partial charge in [0.05, 0.1) is 0 Å². The standard InChI is InChI=1S/C10H12FN/c1-8(2)7-12-10-5-3-9(11)4-6-10/h3-7,12H,1-2H3. The van der Waals surface area contributed by atoms with E-state index in [0.29, 0.717) is 0 Å². The lowest BCUT2D eigenvalue weighted by atomic mass is 10.3. The molecule has 2 heteroatoms. The average molecular weight is 165 g/mol. The second kappa shape index (κ2) is 3.90. The Hall–Kier alpha value is -1.31. The summed E-state index contributed by atoms with van der Waals surface area (Å²) < 4.78 is 12.4. The maximum absolute atomic E-state index is 12.4. The van der Waals surface area contributed by atoms with E-state index in [0.717, 1.165) is 5.69 Å². The minimum absolute atomic E-state index is 0.210. The number of benzene rings is 1. The highest BCUT2D eigenvalue weighted by molar-refractivity contribution is 5.45. The first kappa shape index (κ1) is 8.78. The molecule has 1 N–H and O–H groups in total. The third kappa shape index (κ3) is 2.74. The third-order valence-electron chi connectivity index (χ3n) is 1.37. The third-order valence-corrected chi connectivity index (χ3v) is 1.37. The van der Waals surface area contributed by atoms with Crippen molar-refractivity contribution in [1.82, 2.24) is 0 Å². The van der Waals surface area contributed by atoms with Crippen LogP contribution in [0.4, 0.5) is 10.1 Å². The fourth-order valence-electron chi connectivity index (χ4n) is 0.774. The van der Waals surface area contributed by atoms with E-state index >= 15 is 0 Å². The molecule has 0 unspecified atom stereocenters. The van der Waals surface area contributed by atoms with Gasteiger partial charge in [-0.15, -0.1) is 0 Å². The van der Waals surface area contributed by atoms with Crippen molar-refractivity contribution >= 4 is 5.69 Å². The SMILES string of the molecule is CC(C)=CNc1ccc(F)cc1. The largest absolute Gasteiger partial charge is 0.362 e. The van der Waals surface area contributed by atoms with Crippen molar-refractivity contribution in [2.75, 3.05) is 5.32 Å². The first-order valence-corrected chi connectivity index (χ1v) is 3.84. The van der Waals surface area contributed by atoms with E-state index in [-0.39, 0.29) is 5.82 Å². The number of anilines is 1. The summed E-state index contributed by atoms with van der Waals surface area (Å²) in [7, 11) is 0. The van der Waals surface area contributed by atoms with Crippen LogP contribution in [0.25, 0.3) is 0 Å². The van der Waals surface area contributed by atoms with Crippen LogP contribution < -0.4 is 5.32 Å². The summed E-state index contributed by atoms with van der Waals surface area (Å²) >= 11 is 0. The van der Waals surface area contributed by atoms with Crippen LogP contribution >= 0.6 is 0 Å². The van der Waals surface area contributed by atoms with Crippen LogP contribution in [0, 0.1) is 5.82 Å². The zero-order valence-corrected chi connectivity index (χ0v) is 7.26. The van der Waals surface area contributed by atoms with Gasteiger partial charge in [0.15, 0.2) is 0 Å². The van der Waals surface area contributed by atoms with Crippen LogP contribution in [-0.4, -0.2) is 0 Å². The number of hydrogen-bond acceptors (Lipinski definition) is 1. The Morgan fingerprint density at radius 1 is 1.25 bits per heavy atom. The van der Waals surface area contributed by atoms with Crippen molar-refractivity contribution < 1.29 is 4.39 Å². The van der Waals surface area contributed by atoms with Gasteiger partial charge in [0.25, 0.3) is 0 Å². The van der Waals surface area contributed by atoms with Gasteiger partial charge < -0.3 is 5.32 Å². The summed E-state index contributed by atoms with van der Waals surface area (Å²) in [5, 5.41) is 3.04. The summed E-state index contributed by atoms with van der Waals surface area (Å²) in [5.74, 6) is -0.210. The Bertz CT molecular complexity index is 270. The van der Waals surface area contributed by atoms with Crippen LogP contribution in [0.5, 0.6) is 0 Å². The predicted octanol–water partition coefficient (Wildman–Crippen LogP) is 3.16. The average Bonchev–Trinajstić information content (AvgIpc) is 2.03. The second-order valence-electron chi connectivity index (χ2n) is 2.87. The summed E-state index contributed by atoms with van der Waals surface area (Å²) in [6.45, 7) is 3.99. The van der Waals surface area contributed by atoms with Gasteiger partial charge in [-0.1, -0.05) is 5.57 Å². The van der Waals surface area contributed by atoms with Crippen LogP contribution in [0.2, 0.25) is 0 Å². The van der Waals surface area contributed by atoms with Gasteiger partial charge in [0.2, 0.25) is 0 Å². The molecule has 0 fully saturated rings. The predicted molar refractivity (Wildman–Crippen MR) is 49.5 cm³/mol. The molecule has 0 aliphatic heterocycles. The maximum atomic E-state index is 12.4. The maximum Gasteiger partial charge on any atom is 0.123 e. The molecule has 12 heavy (non-hydrogen) atoms. The van der Waals surface area contributed by atoms with Crippen molar-refractivity contribution in [2.24, 2.45) is 0 Å². The quantitative estimate of drug-likeness (QED) is 0.709. The van der Waals surface area contributed by atoms with Crippen LogP contribution in [0.15, 0.2) is 36.0 Å². The molecule has 1 nitrogen and oxygen atoms in total. The van der Waals surface area contributed by atoms with Crippen molar-refractivity contribution in [1.29, 1.82) is 0 Å². The highest BCUT2D eigenvalue weighted by Gasteiger charge is 1.89. The molecule has 0 bridgehead atoms. The molecule has 0 saturated heterocycles. The fraction of sp³-hybridized carbons (Fsp3) is 0.200. The van der Waals surface area contributed by atoms with Crippen molar-refractivity contribution in [3.05, 3.63) is 41.9 Å². The molecule has 0 atom stereocenters. The minimum Gasteiger partial charge on any atom is -0.362 e. The molecule has 0 saturated carbocycles. The zero-order valence-electron chi connectivity index (χ0n) is 7.26. The van der Waals surface area contributed by atoms with E-state index in [1.54, 1.807) is 12.1 Å². The number of nitrogens with one attached hydrogen (secondary N) is 1. The van der Waals surface area contributed by atoms with Gasteiger partial charge in [-0.2, -0.15) is 0 Å². The van der Waals surface area contributed by atoms with E-state index in [2.05, 4.69) is 5.32 Å². The lowest BCUT2D eigenvalue weighted by Crippen LogP contribution is -1.87. The lowest BCUT2D eigenvalue weighted by molar-refractivity contribution is 0.628. The van der Waals surface area contributed by atoms with Crippen molar-refractivity contribution in [2.45, 2.75) is 13.8 Å². The summed E-state index contributed by atoms with van der Waals surface area (Å²) in [4.78, 5) is 0. The molecule has 0 heterocycles. The Balaban J connectivity index is 2.65. The first-order valence-electron chi connectivity index (χ1n) is 3.84. The second-order valence-corrected chi connectivity index (χ2v) is 2.87. The lowest BCUT2D eigenvalue weighted by Gasteiger charge is -2.00. The van der Waals surface area contributed by atoms with Crippen molar-refractivity contribution in [3.63, 3.8) is 0 Å². The minimum atomic E-state index is -0.210. The molecular weight excluding hydrogens is 153 g/mol. The monoisotopic (exact) mass is 165 g/mol. The van der Waals surface area contributed by atoms with Crippen LogP contribution in [0.1, 0.15) is 13.8 Å². The Labute approximate surface area is 71.9 Å². The molecule has 0 spiro atoms. The van der Waals surface area contributed by atoms with E-state index in [1.165, 1.54) is 17.7 Å². The molecule has 1 rings (SSSR count). The van der Waals surface area contributed by atoms with Gasteiger partial charge in [-0.3, -0.25) is 0 Å². The van der Waals surface area contributed by atoms with E-state index in [4.69, 9.17) is 0 Å². The molecule has 64 valence electrons. The smallest absolute Gasteiger partial charge is 0.123 e. The summed E-state index contributed by atoms with van der Waals surface area (Å²) in [5.41, 5.74) is 2.08. The van der Waals surface area contributed by atoms with Gasteiger partial charge >= 0.3 is 0 Å². The van der Waals surface area contributed by atoms with Gasteiger partial charge in [-0.05, 0) is 44.3 Å². The number of hydrogen-bond donors (Lipinski definition) is 1.